The molecule has 18 heavy (non-hydrogen) atoms. The molecule has 0 radical (unpaired) electrons. The topological polar surface area (TPSA) is 30.5 Å². The molecule has 0 spiro atoms. The molecule has 1 saturated heterocycles. The maximum absolute atomic E-state index is 6.01. The van der Waals surface area contributed by atoms with Crippen LogP contribution in [0.4, 0.5) is 0 Å². The van der Waals surface area contributed by atoms with Crippen molar-refractivity contribution in [2.45, 2.75) is 38.5 Å². The fourth-order valence-corrected chi connectivity index (χ4v) is 2.19. The molecule has 1 aromatic rings. The summed E-state index contributed by atoms with van der Waals surface area (Å²) in [5.41, 5.74) is 1.29. The van der Waals surface area contributed by atoms with E-state index in [1.165, 1.54) is 5.56 Å². The Kier molecular flexibility index (Phi) is 5.17. The third-order valence-electron chi connectivity index (χ3n) is 3.26. The predicted octanol–water partition coefficient (Wildman–Crippen LogP) is 2.53. The highest BCUT2D eigenvalue weighted by atomic mass is 16.6. The van der Waals surface area contributed by atoms with Crippen molar-refractivity contribution >= 4 is 0 Å². The van der Waals surface area contributed by atoms with Gasteiger partial charge in [-0.25, -0.2) is 0 Å². The molecule has 0 aromatic heterocycles. The zero-order chi connectivity index (χ0) is 12.8. The van der Waals surface area contributed by atoms with Gasteiger partial charge in [0.05, 0.1) is 25.4 Å². The molecule has 0 amide bonds. The van der Waals surface area contributed by atoms with Crippen molar-refractivity contribution in [1.29, 1.82) is 0 Å². The molecular formula is C15H23NO2. The van der Waals surface area contributed by atoms with Crippen LogP contribution in [0.5, 0.6) is 0 Å². The summed E-state index contributed by atoms with van der Waals surface area (Å²) in [6.45, 7) is 6.80. The predicted molar refractivity (Wildman–Crippen MR) is 72.6 cm³/mol. The third-order valence-corrected chi connectivity index (χ3v) is 3.26. The van der Waals surface area contributed by atoms with Gasteiger partial charge in [0, 0.05) is 0 Å². The summed E-state index contributed by atoms with van der Waals surface area (Å²) in [4.78, 5) is 0. The van der Waals surface area contributed by atoms with E-state index in [9.17, 15) is 0 Å². The van der Waals surface area contributed by atoms with Crippen molar-refractivity contribution in [3.05, 3.63) is 35.9 Å². The summed E-state index contributed by atoms with van der Waals surface area (Å²) < 4.78 is 11.2. The van der Waals surface area contributed by atoms with E-state index in [4.69, 9.17) is 9.47 Å². The van der Waals surface area contributed by atoms with Crippen LogP contribution in [0.2, 0.25) is 0 Å². The molecule has 100 valence electrons. The third kappa shape index (κ3) is 3.55. The SMILES string of the molecule is CCCNC(c1ccccc1)C(C)OC1COC1. The maximum Gasteiger partial charge on any atom is 0.105 e. The van der Waals surface area contributed by atoms with Crippen molar-refractivity contribution in [2.75, 3.05) is 19.8 Å². The van der Waals surface area contributed by atoms with Crippen LogP contribution in [0.1, 0.15) is 31.9 Å². The summed E-state index contributed by atoms with van der Waals surface area (Å²) in [5.74, 6) is 0. The van der Waals surface area contributed by atoms with E-state index >= 15 is 0 Å². The zero-order valence-corrected chi connectivity index (χ0v) is 11.3. The second-order valence-corrected chi connectivity index (χ2v) is 4.84. The van der Waals surface area contributed by atoms with Gasteiger partial charge in [0.25, 0.3) is 0 Å². The van der Waals surface area contributed by atoms with E-state index in [-0.39, 0.29) is 18.2 Å². The van der Waals surface area contributed by atoms with Gasteiger partial charge in [-0.3, -0.25) is 0 Å². The number of benzene rings is 1. The lowest BCUT2D eigenvalue weighted by molar-refractivity contribution is -0.157. The first kappa shape index (κ1) is 13.5. The van der Waals surface area contributed by atoms with Gasteiger partial charge in [-0.1, -0.05) is 37.3 Å². The molecule has 2 atom stereocenters. The van der Waals surface area contributed by atoms with E-state index in [1.54, 1.807) is 0 Å². The van der Waals surface area contributed by atoms with Crippen LogP contribution >= 0.6 is 0 Å². The summed E-state index contributed by atoms with van der Waals surface area (Å²) in [6, 6.07) is 10.8. The number of hydrogen-bond donors (Lipinski definition) is 1. The minimum atomic E-state index is 0.160. The average molecular weight is 249 g/mol. The minimum Gasteiger partial charge on any atom is -0.376 e. The van der Waals surface area contributed by atoms with Crippen molar-refractivity contribution < 1.29 is 9.47 Å². The smallest absolute Gasteiger partial charge is 0.105 e. The molecule has 1 aliphatic heterocycles. The molecule has 2 unspecified atom stereocenters. The Balaban J connectivity index is 1.98. The van der Waals surface area contributed by atoms with Gasteiger partial charge in [0.1, 0.15) is 6.10 Å². The lowest BCUT2D eigenvalue weighted by Crippen LogP contribution is -2.42. The monoisotopic (exact) mass is 249 g/mol. The summed E-state index contributed by atoms with van der Waals surface area (Å²) in [5, 5.41) is 3.57. The van der Waals surface area contributed by atoms with Crippen LogP contribution in [-0.4, -0.2) is 32.0 Å². The molecule has 2 rings (SSSR count). The van der Waals surface area contributed by atoms with Crippen LogP contribution in [0.15, 0.2) is 30.3 Å². The van der Waals surface area contributed by atoms with Gasteiger partial charge in [0.15, 0.2) is 0 Å². The summed E-state index contributed by atoms with van der Waals surface area (Å²) >= 11 is 0. The van der Waals surface area contributed by atoms with E-state index < -0.39 is 0 Å². The molecular weight excluding hydrogens is 226 g/mol. The van der Waals surface area contributed by atoms with Gasteiger partial charge in [-0.05, 0) is 25.5 Å². The Morgan fingerprint density at radius 2 is 2.06 bits per heavy atom. The van der Waals surface area contributed by atoms with Crippen LogP contribution < -0.4 is 5.32 Å². The fourth-order valence-electron chi connectivity index (χ4n) is 2.19. The summed E-state index contributed by atoms with van der Waals surface area (Å²) in [7, 11) is 0. The second-order valence-electron chi connectivity index (χ2n) is 4.84. The van der Waals surface area contributed by atoms with Crippen LogP contribution in [0.25, 0.3) is 0 Å². The summed E-state index contributed by atoms with van der Waals surface area (Å²) in [6.07, 6.45) is 1.56. The molecule has 0 bridgehead atoms. The van der Waals surface area contributed by atoms with E-state index in [2.05, 4.69) is 43.4 Å². The maximum atomic E-state index is 6.01. The molecule has 1 aromatic carbocycles. The van der Waals surface area contributed by atoms with Crippen molar-refractivity contribution in [1.82, 2.24) is 5.32 Å². The van der Waals surface area contributed by atoms with E-state index in [1.807, 2.05) is 6.07 Å². The van der Waals surface area contributed by atoms with Gasteiger partial charge >= 0.3 is 0 Å². The molecule has 0 saturated carbocycles. The van der Waals surface area contributed by atoms with Gasteiger partial charge < -0.3 is 14.8 Å². The molecule has 0 aliphatic carbocycles. The van der Waals surface area contributed by atoms with Crippen LogP contribution in [0.3, 0.4) is 0 Å². The Morgan fingerprint density at radius 1 is 1.33 bits per heavy atom. The molecule has 1 N–H and O–H groups in total. The second kappa shape index (κ2) is 6.88. The number of ether oxygens (including phenoxy) is 2. The Morgan fingerprint density at radius 3 is 2.61 bits per heavy atom. The fraction of sp³-hybridized carbons (Fsp3) is 0.600. The Bertz CT molecular complexity index is 338. The first-order valence-corrected chi connectivity index (χ1v) is 6.82. The number of hydrogen-bond acceptors (Lipinski definition) is 3. The number of nitrogens with one attached hydrogen (secondary N) is 1. The first-order chi connectivity index (χ1) is 8.81. The minimum absolute atomic E-state index is 0.160. The highest BCUT2D eigenvalue weighted by Gasteiger charge is 2.26. The zero-order valence-electron chi connectivity index (χ0n) is 11.3. The number of rotatable bonds is 7. The van der Waals surface area contributed by atoms with Crippen molar-refractivity contribution in [3.63, 3.8) is 0 Å². The normalized spacial score (nSPS) is 19.2. The lowest BCUT2D eigenvalue weighted by Gasteiger charge is -2.33. The quantitative estimate of drug-likeness (QED) is 0.805. The molecule has 3 heteroatoms. The molecule has 1 heterocycles. The molecule has 3 nitrogen and oxygen atoms in total. The van der Waals surface area contributed by atoms with Crippen molar-refractivity contribution in [2.24, 2.45) is 0 Å². The van der Waals surface area contributed by atoms with Gasteiger partial charge in [0.2, 0.25) is 0 Å². The van der Waals surface area contributed by atoms with E-state index in [0.29, 0.717) is 0 Å². The highest BCUT2D eigenvalue weighted by Crippen LogP contribution is 2.21. The Hall–Kier alpha value is -0.900. The lowest BCUT2D eigenvalue weighted by atomic mass is 10.0. The van der Waals surface area contributed by atoms with Crippen LogP contribution in [0, 0.1) is 0 Å². The average Bonchev–Trinajstić information content (AvgIpc) is 2.36. The standard InChI is InChI=1S/C15H23NO2/c1-3-9-16-15(13-7-5-4-6-8-13)12(2)18-14-10-17-11-14/h4-8,12,14-16H,3,9-11H2,1-2H3. The Labute approximate surface area is 109 Å². The van der Waals surface area contributed by atoms with E-state index in [0.717, 1.165) is 26.2 Å². The van der Waals surface area contributed by atoms with Crippen LogP contribution in [-0.2, 0) is 9.47 Å². The highest BCUT2D eigenvalue weighted by molar-refractivity contribution is 5.20. The first-order valence-electron chi connectivity index (χ1n) is 6.82. The molecule has 1 aliphatic rings. The van der Waals surface area contributed by atoms with Gasteiger partial charge in [-0.15, -0.1) is 0 Å². The van der Waals surface area contributed by atoms with Gasteiger partial charge in [-0.2, -0.15) is 0 Å². The largest absolute Gasteiger partial charge is 0.376 e. The molecule has 1 fully saturated rings. The van der Waals surface area contributed by atoms with Crippen molar-refractivity contribution in [3.8, 4) is 0 Å².